The number of hydrogen-bond acceptors (Lipinski definition) is 4. The zero-order valence-electron chi connectivity index (χ0n) is 11.3. The molecule has 5 nitrogen and oxygen atoms in total. The number of fused-ring (bicyclic) bond motifs is 1. The van der Waals surface area contributed by atoms with Crippen LogP contribution < -0.4 is 15.4 Å². The molecule has 0 atom stereocenters. The first-order valence-electron chi connectivity index (χ1n) is 6.61. The molecule has 0 aliphatic carbocycles. The number of carbonyl (C=O) groups is 1. The Hall–Kier alpha value is -2.27. The van der Waals surface area contributed by atoms with Crippen LogP contribution in [-0.2, 0) is 0 Å². The lowest BCUT2D eigenvalue weighted by Crippen LogP contribution is -2.31. The Morgan fingerprint density at radius 1 is 1.38 bits per heavy atom. The Labute approximate surface area is 127 Å². The summed E-state index contributed by atoms with van der Waals surface area (Å²) in [7, 11) is 0. The number of pyridine rings is 1. The molecule has 0 unspecified atom stereocenters. The summed E-state index contributed by atoms with van der Waals surface area (Å²) in [5.41, 5.74) is 6.75. The predicted octanol–water partition coefficient (Wildman–Crippen LogP) is 2.75. The van der Waals surface area contributed by atoms with Crippen molar-refractivity contribution in [2.75, 3.05) is 23.8 Å². The van der Waals surface area contributed by atoms with E-state index in [-0.39, 0.29) is 16.7 Å². The number of nitrogen functional groups attached to an aromatic ring is 1. The maximum absolute atomic E-state index is 12.7. The SMILES string of the molecule is Nc1ncc(C(=O)N2CCCOc3ccccc32)cc1Cl. The molecular weight excluding hydrogens is 290 g/mol. The van der Waals surface area contributed by atoms with Gasteiger partial charge < -0.3 is 15.4 Å². The van der Waals surface area contributed by atoms with Crippen molar-refractivity contribution in [3.63, 3.8) is 0 Å². The molecule has 1 aromatic heterocycles. The Bertz CT molecular complexity index is 690. The summed E-state index contributed by atoms with van der Waals surface area (Å²) in [5, 5.41) is 0.278. The lowest BCUT2D eigenvalue weighted by Gasteiger charge is -2.21. The van der Waals surface area contributed by atoms with E-state index in [0.29, 0.717) is 24.5 Å². The second-order valence-corrected chi connectivity index (χ2v) is 5.12. The number of nitrogens with zero attached hydrogens (tertiary/aromatic N) is 2. The van der Waals surface area contributed by atoms with E-state index in [4.69, 9.17) is 22.1 Å². The third kappa shape index (κ3) is 2.64. The van der Waals surface area contributed by atoms with Gasteiger partial charge in [-0.1, -0.05) is 23.7 Å². The average Bonchev–Trinajstić information content (AvgIpc) is 2.71. The first-order valence-corrected chi connectivity index (χ1v) is 6.99. The molecule has 6 heteroatoms. The van der Waals surface area contributed by atoms with Crippen molar-refractivity contribution >= 4 is 29.0 Å². The van der Waals surface area contributed by atoms with Gasteiger partial charge in [0.2, 0.25) is 0 Å². The predicted molar refractivity (Wildman–Crippen MR) is 81.9 cm³/mol. The summed E-state index contributed by atoms with van der Waals surface area (Å²) >= 11 is 5.95. The maximum atomic E-state index is 12.7. The van der Waals surface area contributed by atoms with E-state index >= 15 is 0 Å². The molecule has 0 fully saturated rings. The number of nitrogens with two attached hydrogens (primary N) is 1. The van der Waals surface area contributed by atoms with Gasteiger partial charge in [0, 0.05) is 12.7 Å². The maximum Gasteiger partial charge on any atom is 0.260 e. The van der Waals surface area contributed by atoms with Crippen LogP contribution in [0.25, 0.3) is 0 Å². The minimum Gasteiger partial charge on any atom is -0.491 e. The number of hydrogen-bond donors (Lipinski definition) is 1. The van der Waals surface area contributed by atoms with Crippen LogP contribution in [0.5, 0.6) is 5.75 Å². The first kappa shape index (κ1) is 13.7. The Morgan fingerprint density at radius 3 is 3.00 bits per heavy atom. The minimum absolute atomic E-state index is 0.164. The number of amides is 1. The van der Waals surface area contributed by atoms with Crippen molar-refractivity contribution in [2.24, 2.45) is 0 Å². The molecule has 2 aromatic rings. The molecule has 2 heterocycles. The molecule has 0 bridgehead atoms. The molecule has 108 valence electrons. The lowest BCUT2D eigenvalue weighted by molar-refractivity contribution is 0.0987. The number of aromatic nitrogens is 1. The zero-order valence-corrected chi connectivity index (χ0v) is 12.0. The van der Waals surface area contributed by atoms with Gasteiger partial charge in [-0.2, -0.15) is 0 Å². The second kappa shape index (κ2) is 5.61. The number of benzene rings is 1. The van der Waals surface area contributed by atoms with Gasteiger partial charge in [0.25, 0.3) is 5.91 Å². The summed E-state index contributed by atoms with van der Waals surface area (Å²) in [6.45, 7) is 1.17. The van der Waals surface area contributed by atoms with E-state index in [1.807, 2.05) is 24.3 Å². The van der Waals surface area contributed by atoms with Crippen LogP contribution in [0, 0.1) is 0 Å². The fourth-order valence-corrected chi connectivity index (χ4v) is 2.43. The van der Waals surface area contributed by atoms with Crippen molar-refractivity contribution < 1.29 is 9.53 Å². The van der Waals surface area contributed by atoms with Crippen LogP contribution in [0.1, 0.15) is 16.8 Å². The van der Waals surface area contributed by atoms with E-state index in [1.165, 1.54) is 6.20 Å². The van der Waals surface area contributed by atoms with Crippen LogP contribution in [-0.4, -0.2) is 24.0 Å². The number of rotatable bonds is 1. The van der Waals surface area contributed by atoms with Crippen LogP contribution >= 0.6 is 11.6 Å². The van der Waals surface area contributed by atoms with E-state index in [9.17, 15) is 4.79 Å². The van der Waals surface area contributed by atoms with Crippen molar-refractivity contribution in [1.82, 2.24) is 4.98 Å². The number of halogens is 1. The van der Waals surface area contributed by atoms with Crippen molar-refractivity contribution in [3.05, 3.63) is 47.1 Å². The van der Waals surface area contributed by atoms with Gasteiger partial charge in [-0.05, 0) is 24.6 Å². The van der Waals surface area contributed by atoms with E-state index in [0.717, 1.165) is 12.1 Å². The van der Waals surface area contributed by atoms with Crippen LogP contribution in [0.2, 0.25) is 5.02 Å². The van der Waals surface area contributed by atoms with Crippen molar-refractivity contribution in [2.45, 2.75) is 6.42 Å². The summed E-state index contributed by atoms with van der Waals surface area (Å²) in [6, 6.07) is 9.02. The summed E-state index contributed by atoms with van der Waals surface area (Å²) in [6.07, 6.45) is 2.20. The quantitative estimate of drug-likeness (QED) is 0.879. The third-order valence-electron chi connectivity index (χ3n) is 3.30. The topological polar surface area (TPSA) is 68.5 Å². The number of para-hydroxylation sites is 2. The van der Waals surface area contributed by atoms with Gasteiger partial charge in [0.05, 0.1) is 22.9 Å². The number of ether oxygens (including phenoxy) is 1. The molecule has 0 radical (unpaired) electrons. The molecule has 0 saturated carbocycles. The first-order chi connectivity index (χ1) is 10.2. The van der Waals surface area contributed by atoms with E-state index < -0.39 is 0 Å². The molecule has 1 aliphatic rings. The molecule has 1 aliphatic heterocycles. The fourth-order valence-electron chi connectivity index (χ4n) is 2.26. The van der Waals surface area contributed by atoms with Gasteiger partial charge in [-0.15, -0.1) is 0 Å². The zero-order chi connectivity index (χ0) is 14.8. The summed E-state index contributed by atoms with van der Waals surface area (Å²) in [5.74, 6) is 0.757. The third-order valence-corrected chi connectivity index (χ3v) is 3.60. The summed E-state index contributed by atoms with van der Waals surface area (Å²) < 4.78 is 5.65. The highest BCUT2D eigenvalue weighted by molar-refractivity contribution is 6.33. The Balaban J connectivity index is 1.99. The van der Waals surface area contributed by atoms with E-state index in [1.54, 1.807) is 11.0 Å². The highest BCUT2D eigenvalue weighted by Crippen LogP contribution is 2.31. The molecule has 0 saturated heterocycles. The number of carbonyl (C=O) groups excluding carboxylic acids is 1. The normalized spacial score (nSPS) is 14.0. The molecule has 1 aromatic carbocycles. The highest BCUT2D eigenvalue weighted by atomic mass is 35.5. The molecule has 0 spiro atoms. The largest absolute Gasteiger partial charge is 0.491 e. The van der Waals surface area contributed by atoms with Gasteiger partial charge >= 0.3 is 0 Å². The number of anilines is 2. The average molecular weight is 304 g/mol. The second-order valence-electron chi connectivity index (χ2n) is 4.72. The molecular formula is C15H14ClN3O2. The van der Waals surface area contributed by atoms with Crippen LogP contribution in [0.15, 0.2) is 36.5 Å². The molecule has 2 N–H and O–H groups in total. The standard InChI is InChI=1S/C15H14ClN3O2/c16-11-8-10(9-18-14(11)17)15(20)19-6-3-7-21-13-5-2-1-4-12(13)19/h1-2,4-5,8-9H,3,6-7H2,(H2,17,18). The summed E-state index contributed by atoms with van der Waals surface area (Å²) in [4.78, 5) is 18.3. The van der Waals surface area contributed by atoms with Crippen LogP contribution in [0.3, 0.4) is 0 Å². The Morgan fingerprint density at radius 2 is 2.19 bits per heavy atom. The molecule has 3 rings (SSSR count). The lowest BCUT2D eigenvalue weighted by atomic mass is 10.2. The van der Waals surface area contributed by atoms with Gasteiger partial charge in [0.1, 0.15) is 11.6 Å². The molecule has 21 heavy (non-hydrogen) atoms. The highest BCUT2D eigenvalue weighted by Gasteiger charge is 2.23. The smallest absolute Gasteiger partial charge is 0.260 e. The van der Waals surface area contributed by atoms with E-state index in [2.05, 4.69) is 4.98 Å². The van der Waals surface area contributed by atoms with Crippen molar-refractivity contribution in [1.29, 1.82) is 0 Å². The molecule has 1 amide bonds. The minimum atomic E-state index is -0.164. The monoisotopic (exact) mass is 303 g/mol. The van der Waals surface area contributed by atoms with Crippen LogP contribution in [0.4, 0.5) is 11.5 Å². The van der Waals surface area contributed by atoms with Crippen molar-refractivity contribution in [3.8, 4) is 5.75 Å². The van der Waals surface area contributed by atoms with Gasteiger partial charge in [0.15, 0.2) is 0 Å². The Kier molecular flexibility index (Phi) is 3.66. The van der Waals surface area contributed by atoms with Gasteiger partial charge in [-0.3, -0.25) is 4.79 Å². The fraction of sp³-hybridized carbons (Fsp3) is 0.200. The van der Waals surface area contributed by atoms with Gasteiger partial charge in [-0.25, -0.2) is 4.98 Å².